The lowest BCUT2D eigenvalue weighted by Crippen LogP contribution is -2.00. The van der Waals surface area contributed by atoms with Gasteiger partial charge in [-0.25, -0.2) is 0 Å². The van der Waals surface area contributed by atoms with Gasteiger partial charge < -0.3 is 14.2 Å². The zero-order valence-electron chi connectivity index (χ0n) is 18.9. The Balaban J connectivity index is 1.21. The molecule has 0 saturated heterocycles. The van der Waals surface area contributed by atoms with Gasteiger partial charge in [0.05, 0.1) is 0 Å². The first-order valence-corrected chi connectivity index (χ1v) is 11.0. The molecule has 4 aromatic carbocycles. The van der Waals surface area contributed by atoms with Crippen LogP contribution in [0.4, 0.5) is 0 Å². The molecule has 4 nitrogen and oxygen atoms in total. The van der Waals surface area contributed by atoms with E-state index < -0.39 is 0 Å². The van der Waals surface area contributed by atoms with Gasteiger partial charge in [-0.3, -0.25) is 4.79 Å². The van der Waals surface area contributed by atoms with Crippen molar-refractivity contribution in [2.45, 2.75) is 13.2 Å². The van der Waals surface area contributed by atoms with E-state index in [1.807, 2.05) is 78.9 Å². The standard InChI is InChI=1S/C30H26O4/c1-23(27-5-3-2-4-6-27)20-32-28-15-9-25(10-16-28)22-34-30-17-11-26(12-18-30)21-33-29-13-7-24(19-31)8-14-29/h2-19H,1,20-22H2. The van der Waals surface area contributed by atoms with Crippen molar-refractivity contribution in [3.8, 4) is 17.2 Å². The molecule has 34 heavy (non-hydrogen) atoms. The third-order valence-corrected chi connectivity index (χ3v) is 5.27. The Labute approximate surface area is 200 Å². The quantitative estimate of drug-likeness (QED) is 0.237. The third-order valence-electron chi connectivity index (χ3n) is 5.27. The van der Waals surface area contributed by atoms with Gasteiger partial charge in [0.25, 0.3) is 0 Å². The Morgan fingerprint density at radius 3 is 1.59 bits per heavy atom. The molecule has 0 aromatic heterocycles. The van der Waals surface area contributed by atoms with E-state index in [0.717, 1.165) is 45.8 Å². The van der Waals surface area contributed by atoms with E-state index in [0.29, 0.717) is 25.4 Å². The molecular weight excluding hydrogens is 424 g/mol. The van der Waals surface area contributed by atoms with Gasteiger partial charge >= 0.3 is 0 Å². The molecule has 0 spiro atoms. The largest absolute Gasteiger partial charge is 0.489 e. The van der Waals surface area contributed by atoms with Crippen LogP contribution in [0.1, 0.15) is 27.0 Å². The number of carbonyl (C=O) groups excluding carboxylic acids is 1. The SMILES string of the molecule is C=C(COc1ccc(COc2ccc(COc3ccc(C=O)cc3)cc2)cc1)c1ccccc1. The van der Waals surface area contributed by atoms with Crippen LogP contribution in [0.5, 0.6) is 17.2 Å². The third kappa shape index (κ3) is 6.59. The summed E-state index contributed by atoms with van der Waals surface area (Å²) in [6, 6.07) is 32.8. The molecule has 170 valence electrons. The van der Waals surface area contributed by atoms with Gasteiger partial charge in [-0.05, 0) is 70.8 Å². The van der Waals surface area contributed by atoms with Crippen LogP contribution >= 0.6 is 0 Å². The summed E-state index contributed by atoms with van der Waals surface area (Å²) in [7, 11) is 0. The van der Waals surface area contributed by atoms with Crippen molar-refractivity contribution in [3.63, 3.8) is 0 Å². The number of rotatable bonds is 11. The van der Waals surface area contributed by atoms with Crippen molar-refractivity contribution in [2.75, 3.05) is 6.61 Å². The van der Waals surface area contributed by atoms with Crippen LogP contribution in [0.15, 0.2) is 110 Å². The predicted octanol–water partition coefficient (Wildman–Crippen LogP) is 6.75. The minimum atomic E-state index is 0.443. The Morgan fingerprint density at radius 1 is 0.618 bits per heavy atom. The van der Waals surface area contributed by atoms with Gasteiger partial charge in [0.2, 0.25) is 0 Å². The summed E-state index contributed by atoms with van der Waals surface area (Å²) in [6.07, 6.45) is 0.815. The first kappa shape index (κ1) is 22.9. The van der Waals surface area contributed by atoms with Crippen LogP contribution < -0.4 is 14.2 Å². The monoisotopic (exact) mass is 450 g/mol. The summed E-state index contributed by atoms with van der Waals surface area (Å²) in [5.41, 5.74) is 4.74. The van der Waals surface area contributed by atoms with E-state index in [9.17, 15) is 4.79 Å². The summed E-state index contributed by atoms with van der Waals surface area (Å²) in [5, 5.41) is 0. The van der Waals surface area contributed by atoms with Crippen LogP contribution in [0, 0.1) is 0 Å². The molecule has 4 aromatic rings. The van der Waals surface area contributed by atoms with Gasteiger partial charge in [0.1, 0.15) is 43.4 Å². The molecule has 0 radical (unpaired) electrons. The van der Waals surface area contributed by atoms with Crippen LogP contribution in [-0.2, 0) is 13.2 Å². The molecular formula is C30H26O4. The second-order valence-corrected chi connectivity index (χ2v) is 7.81. The molecule has 0 saturated carbocycles. The summed E-state index contributed by atoms with van der Waals surface area (Å²) in [4.78, 5) is 10.7. The van der Waals surface area contributed by atoms with Gasteiger partial charge in [-0.15, -0.1) is 0 Å². The first-order valence-electron chi connectivity index (χ1n) is 11.0. The zero-order chi connectivity index (χ0) is 23.6. The van der Waals surface area contributed by atoms with Crippen LogP contribution in [-0.4, -0.2) is 12.9 Å². The Hall–Kier alpha value is -4.31. The van der Waals surface area contributed by atoms with Gasteiger partial charge in [0.15, 0.2) is 0 Å². The van der Waals surface area contributed by atoms with Gasteiger partial charge in [-0.1, -0.05) is 61.2 Å². The molecule has 0 N–H and O–H groups in total. The van der Waals surface area contributed by atoms with E-state index in [2.05, 4.69) is 6.58 Å². The minimum absolute atomic E-state index is 0.443. The maximum atomic E-state index is 10.7. The fourth-order valence-corrected chi connectivity index (χ4v) is 3.27. The Bertz CT molecular complexity index is 1200. The van der Waals surface area contributed by atoms with Gasteiger partial charge in [0, 0.05) is 5.56 Å². The second-order valence-electron chi connectivity index (χ2n) is 7.81. The number of hydrogen-bond acceptors (Lipinski definition) is 4. The number of benzene rings is 4. The molecule has 0 aliphatic heterocycles. The second kappa shape index (κ2) is 11.5. The van der Waals surface area contributed by atoms with Crippen LogP contribution in [0.25, 0.3) is 5.57 Å². The molecule has 0 fully saturated rings. The average molecular weight is 451 g/mol. The highest BCUT2D eigenvalue weighted by Crippen LogP contribution is 2.20. The van der Waals surface area contributed by atoms with E-state index in [-0.39, 0.29) is 0 Å². The van der Waals surface area contributed by atoms with E-state index in [4.69, 9.17) is 14.2 Å². The zero-order valence-corrected chi connectivity index (χ0v) is 18.9. The number of carbonyl (C=O) groups is 1. The lowest BCUT2D eigenvalue weighted by molar-refractivity contribution is 0.112. The van der Waals surface area contributed by atoms with Crippen molar-refractivity contribution in [1.29, 1.82) is 0 Å². The van der Waals surface area contributed by atoms with Crippen molar-refractivity contribution in [2.24, 2.45) is 0 Å². The molecule has 0 aliphatic rings. The summed E-state index contributed by atoms with van der Waals surface area (Å²) < 4.78 is 17.5. The van der Waals surface area contributed by atoms with Crippen molar-refractivity contribution in [3.05, 3.63) is 132 Å². The normalized spacial score (nSPS) is 10.4. The molecule has 0 amide bonds. The van der Waals surface area contributed by atoms with Crippen LogP contribution in [0.3, 0.4) is 0 Å². The molecule has 4 heteroatoms. The van der Waals surface area contributed by atoms with Crippen LogP contribution in [0.2, 0.25) is 0 Å². The number of ether oxygens (including phenoxy) is 3. The maximum absolute atomic E-state index is 10.7. The fraction of sp³-hybridized carbons (Fsp3) is 0.100. The lowest BCUT2D eigenvalue weighted by atomic mass is 10.1. The minimum Gasteiger partial charge on any atom is -0.489 e. The van der Waals surface area contributed by atoms with E-state index in [1.54, 1.807) is 24.3 Å². The summed E-state index contributed by atoms with van der Waals surface area (Å²) in [6.45, 7) is 5.45. The van der Waals surface area contributed by atoms with Gasteiger partial charge in [-0.2, -0.15) is 0 Å². The van der Waals surface area contributed by atoms with Crippen molar-refractivity contribution >= 4 is 11.9 Å². The highest BCUT2D eigenvalue weighted by Gasteiger charge is 2.02. The Morgan fingerprint density at radius 2 is 1.09 bits per heavy atom. The lowest BCUT2D eigenvalue weighted by Gasteiger charge is -2.11. The predicted molar refractivity (Wildman–Crippen MR) is 134 cm³/mol. The fourth-order valence-electron chi connectivity index (χ4n) is 3.27. The molecule has 0 unspecified atom stereocenters. The Kier molecular flexibility index (Phi) is 7.75. The highest BCUT2D eigenvalue weighted by molar-refractivity contribution is 5.74. The molecule has 4 rings (SSSR count). The summed E-state index contributed by atoms with van der Waals surface area (Å²) in [5.74, 6) is 2.31. The maximum Gasteiger partial charge on any atom is 0.150 e. The smallest absolute Gasteiger partial charge is 0.150 e. The van der Waals surface area contributed by atoms with E-state index >= 15 is 0 Å². The topological polar surface area (TPSA) is 44.8 Å². The number of aldehydes is 1. The molecule has 0 heterocycles. The summed E-state index contributed by atoms with van der Waals surface area (Å²) >= 11 is 0. The van der Waals surface area contributed by atoms with E-state index in [1.165, 1.54) is 0 Å². The van der Waals surface area contributed by atoms with Crippen molar-refractivity contribution < 1.29 is 19.0 Å². The highest BCUT2D eigenvalue weighted by atomic mass is 16.5. The first-order chi connectivity index (χ1) is 16.7. The molecule has 0 aliphatic carbocycles. The molecule has 0 bridgehead atoms. The van der Waals surface area contributed by atoms with Crippen molar-refractivity contribution in [1.82, 2.24) is 0 Å². The average Bonchev–Trinajstić information content (AvgIpc) is 2.91. The molecule has 0 atom stereocenters. The number of hydrogen-bond donors (Lipinski definition) is 0.